The zero-order chi connectivity index (χ0) is 27.9. The van der Waals surface area contributed by atoms with E-state index in [1.165, 1.54) is 22.3 Å². The van der Waals surface area contributed by atoms with Gasteiger partial charge in [0, 0.05) is 0 Å². The molecule has 0 radical (unpaired) electrons. The third-order valence-electron chi connectivity index (χ3n) is 7.24. The van der Waals surface area contributed by atoms with Gasteiger partial charge in [-0.15, -0.1) is 0 Å². The SMILES string of the molecule is C[N+](C)=C1Nc2cccc(c2)CCc2ccccc2NC(=[N+](C)C)Nc2ccccc2CCc2ccccc2N1.[Cl-].[Cl-]. The van der Waals surface area contributed by atoms with E-state index in [1.807, 2.05) is 0 Å². The fourth-order valence-corrected chi connectivity index (χ4v) is 4.96. The van der Waals surface area contributed by atoms with Crippen molar-refractivity contribution in [3.63, 3.8) is 0 Å². The predicted octanol–water partition coefficient (Wildman–Crippen LogP) is -0.117. The molecule has 4 aromatic carbocycles. The Morgan fingerprint density at radius 3 is 1.31 bits per heavy atom. The molecule has 0 aliphatic carbocycles. The number of nitrogens with zero attached hydrogens (tertiary/aromatic N) is 2. The van der Waals surface area contributed by atoms with Crippen molar-refractivity contribution in [1.82, 2.24) is 0 Å². The Bertz CT molecular complexity index is 1560. The standard InChI is InChI=1S/C34H38N6.2ClH/c1-39(2)33-35-29-16-11-12-25(24-29)20-21-26-13-5-8-17-30(26)37-34(40(3)4)38-32-19-10-7-15-28(32)23-22-27-14-6-9-18-31(27)36-33;;/h5-19,24H,20-23H2,1-4H3,(H2,35,36,37,38);2*1H. The Hall–Kier alpha value is -4.00. The number of rotatable bonds is 0. The van der Waals surface area contributed by atoms with E-state index >= 15 is 0 Å². The van der Waals surface area contributed by atoms with Gasteiger partial charge in [-0.3, -0.25) is 9.15 Å². The Morgan fingerprint density at radius 1 is 0.452 bits per heavy atom. The second-order valence-corrected chi connectivity index (χ2v) is 10.7. The maximum absolute atomic E-state index is 3.70. The minimum atomic E-state index is 0. The van der Waals surface area contributed by atoms with Gasteiger partial charge in [-0.1, -0.05) is 66.7 Å². The van der Waals surface area contributed by atoms with Crippen LogP contribution in [0, 0.1) is 0 Å². The van der Waals surface area contributed by atoms with Gasteiger partial charge in [-0.25, -0.2) is 21.3 Å². The summed E-state index contributed by atoms with van der Waals surface area (Å²) in [7, 11) is 8.24. The van der Waals surface area contributed by atoms with Gasteiger partial charge < -0.3 is 24.8 Å². The molecule has 220 valence electrons. The van der Waals surface area contributed by atoms with Gasteiger partial charge in [0.25, 0.3) is 0 Å². The van der Waals surface area contributed by atoms with Crippen molar-refractivity contribution < 1.29 is 34.0 Å². The van der Waals surface area contributed by atoms with Crippen LogP contribution in [0.15, 0.2) is 97.1 Å². The molecule has 1 heterocycles. The molecule has 4 N–H and O–H groups in total. The van der Waals surface area contributed by atoms with E-state index in [2.05, 4.69) is 156 Å². The van der Waals surface area contributed by atoms with Gasteiger partial charge in [0.1, 0.15) is 17.1 Å². The summed E-state index contributed by atoms with van der Waals surface area (Å²) in [5, 5.41) is 14.7. The van der Waals surface area contributed by atoms with Gasteiger partial charge in [-0.2, -0.15) is 0 Å². The van der Waals surface area contributed by atoms with Crippen molar-refractivity contribution in [3.05, 3.63) is 119 Å². The van der Waals surface area contributed by atoms with Crippen molar-refractivity contribution in [2.75, 3.05) is 49.5 Å². The van der Waals surface area contributed by atoms with Crippen molar-refractivity contribution in [3.8, 4) is 0 Å². The highest BCUT2D eigenvalue weighted by molar-refractivity contribution is 6.02. The average Bonchev–Trinajstić information content (AvgIpc) is 2.96. The summed E-state index contributed by atoms with van der Waals surface area (Å²) in [5.41, 5.74) is 9.52. The van der Waals surface area contributed by atoms with Gasteiger partial charge in [-0.05, 0) is 78.3 Å². The first-order valence-electron chi connectivity index (χ1n) is 14.0. The number of benzene rings is 4. The highest BCUT2D eigenvalue weighted by Gasteiger charge is 2.18. The van der Waals surface area contributed by atoms with Crippen molar-refractivity contribution in [2.24, 2.45) is 0 Å². The molecule has 6 nitrogen and oxygen atoms in total. The van der Waals surface area contributed by atoms with Crippen LogP contribution in [-0.4, -0.2) is 49.3 Å². The van der Waals surface area contributed by atoms with Crippen LogP contribution in [0.4, 0.5) is 22.7 Å². The van der Waals surface area contributed by atoms with E-state index in [4.69, 9.17) is 0 Å². The number of anilines is 4. The lowest BCUT2D eigenvalue weighted by Crippen LogP contribution is -3.00. The Kier molecular flexibility index (Phi) is 11.8. The van der Waals surface area contributed by atoms with E-state index in [1.54, 1.807) is 0 Å². The molecule has 0 fully saturated rings. The monoisotopic (exact) mass is 602 g/mol. The summed E-state index contributed by atoms with van der Waals surface area (Å²) in [6.45, 7) is 0. The summed E-state index contributed by atoms with van der Waals surface area (Å²) in [6, 6.07) is 34.5. The highest BCUT2D eigenvalue weighted by atomic mass is 35.5. The first-order chi connectivity index (χ1) is 19.5. The molecule has 5 rings (SSSR count). The largest absolute Gasteiger partial charge is 1.00 e. The molecule has 1 aliphatic heterocycles. The number of fused-ring (bicyclic) bond motifs is 5. The van der Waals surface area contributed by atoms with Crippen LogP contribution < -0.4 is 46.1 Å². The van der Waals surface area contributed by atoms with Gasteiger partial charge in [0.05, 0.1) is 33.9 Å². The van der Waals surface area contributed by atoms with Crippen LogP contribution in [0.1, 0.15) is 22.3 Å². The Labute approximate surface area is 262 Å². The maximum Gasteiger partial charge on any atom is 0.355 e. The van der Waals surface area contributed by atoms with Crippen molar-refractivity contribution >= 4 is 34.7 Å². The molecule has 1 aliphatic rings. The molecule has 0 saturated carbocycles. The summed E-state index contributed by atoms with van der Waals surface area (Å²) in [6.07, 6.45) is 3.69. The lowest BCUT2D eigenvalue weighted by Gasteiger charge is -2.14. The molecule has 0 aromatic heterocycles. The van der Waals surface area contributed by atoms with E-state index in [0.29, 0.717) is 0 Å². The number of nitrogens with one attached hydrogen (secondary N) is 4. The zero-order valence-electron chi connectivity index (χ0n) is 24.7. The molecule has 4 aromatic rings. The minimum absolute atomic E-state index is 0. The number of para-hydroxylation sites is 3. The van der Waals surface area contributed by atoms with Crippen molar-refractivity contribution in [2.45, 2.75) is 25.7 Å². The molecule has 0 atom stereocenters. The summed E-state index contributed by atoms with van der Waals surface area (Å²) < 4.78 is 4.19. The van der Waals surface area contributed by atoms with E-state index in [-0.39, 0.29) is 24.8 Å². The molecule has 0 spiro atoms. The molecular weight excluding hydrogens is 563 g/mol. The third kappa shape index (κ3) is 8.28. The Balaban J connectivity index is 0.00000242. The van der Waals surface area contributed by atoms with Crippen LogP contribution in [0.5, 0.6) is 0 Å². The quantitative estimate of drug-likeness (QED) is 0.212. The van der Waals surface area contributed by atoms with Crippen LogP contribution in [0.25, 0.3) is 0 Å². The normalized spacial score (nSPS) is 13.1. The van der Waals surface area contributed by atoms with Crippen LogP contribution in [-0.2, 0) is 25.7 Å². The van der Waals surface area contributed by atoms with Crippen LogP contribution in [0.3, 0.4) is 0 Å². The smallest absolute Gasteiger partial charge is 0.355 e. The maximum atomic E-state index is 3.70. The lowest BCUT2D eigenvalue weighted by molar-refractivity contribution is -0.464. The van der Waals surface area contributed by atoms with E-state index in [9.17, 15) is 0 Å². The highest BCUT2D eigenvalue weighted by Crippen LogP contribution is 2.24. The number of hydrogen-bond donors (Lipinski definition) is 4. The topological polar surface area (TPSA) is 54.1 Å². The molecule has 8 heteroatoms. The van der Waals surface area contributed by atoms with E-state index in [0.717, 1.165) is 60.4 Å². The van der Waals surface area contributed by atoms with Gasteiger partial charge in [0.15, 0.2) is 0 Å². The first-order valence-corrected chi connectivity index (χ1v) is 14.0. The van der Waals surface area contributed by atoms with Gasteiger partial charge >= 0.3 is 11.9 Å². The molecule has 0 unspecified atom stereocenters. The summed E-state index contributed by atoms with van der Waals surface area (Å²) in [5.74, 6) is 1.88. The lowest BCUT2D eigenvalue weighted by atomic mass is 10.0. The van der Waals surface area contributed by atoms with Crippen molar-refractivity contribution in [1.29, 1.82) is 0 Å². The molecule has 2 bridgehead atoms. The van der Waals surface area contributed by atoms with Gasteiger partial charge in [0.2, 0.25) is 0 Å². The molecule has 0 saturated heterocycles. The summed E-state index contributed by atoms with van der Waals surface area (Å²) >= 11 is 0. The second-order valence-electron chi connectivity index (χ2n) is 10.7. The van der Waals surface area contributed by atoms with E-state index < -0.39 is 0 Å². The predicted molar refractivity (Wildman–Crippen MR) is 169 cm³/mol. The number of hydrogen-bond acceptors (Lipinski definition) is 0. The second kappa shape index (κ2) is 15.3. The zero-order valence-corrected chi connectivity index (χ0v) is 26.2. The third-order valence-corrected chi connectivity index (χ3v) is 7.24. The number of aryl methyl sites for hydroxylation is 4. The fourth-order valence-electron chi connectivity index (χ4n) is 4.96. The Morgan fingerprint density at radius 2 is 0.857 bits per heavy atom. The first kappa shape index (κ1) is 32.5. The van der Waals surface area contributed by atoms with Crippen LogP contribution in [0.2, 0.25) is 0 Å². The summed E-state index contributed by atoms with van der Waals surface area (Å²) in [4.78, 5) is 0. The molecular formula is C34H40Cl2N6. The van der Waals surface area contributed by atoms with Crippen LogP contribution >= 0.6 is 0 Å². The fraction of sp³-hybridized carbons (Fsp3) is 0.235. The number of halogens is 2. The molecule has 42 heavy (non-hydrogen) atoms. The number of guanidine groups is 2. The minimum Gasteiger partial charge on any atom is -1.00 e. The molecule has 0 amide bonds. The average molecular weight is 604 g/mol.